The van der Waals surface area contributed by atoms with Crippen LogP contribution >= 0.6 is 0 Å². The lowest BCUT2D eigenvalue weighted by Gasteiger charge is -2.10. The van der Waals surface area contributed by atoms with Crippen LogP contribution in [0.2, 0.25) is 0 Å². The second kappa shape index (κ2) is 4.01. The predicted octanol–water partition coefficient (Wildman–Crippen LogP) is 0.544. The molecular weight excluding hydrogens is 152 g/mol. The summed E-state index contributed by atoms with van der Waals surface area (Å²) in [6.07, 6.45) is 1.73. The molecule has 1 heterocycles. The molecule has 66 valence electrons. The number of hydrogen-bond donors (Lipinski definition) is 2. The van der Waals surface area contributed by atoms with E-state index >= 15 is 0 Å². The van der Waals surface area contributed by atoms with Gasteiger partial charge in [-0.25, -0.2) is 9.97 Å². The summed E-state index contributed by atoms with van der Waals surface area (Å²) in [6, 6.07) is 2.07. The topological polar surface area (TPSA) is 63.8 Å². The van der Waals surface area contributed by atoms with Crippen LogP contribution in [-0.4, -0.2) is 22.6 Å². The second-order valence-electron chi connectivity index (χ2n) is 2.80. The van der Waals surface area contributed by atoms with Gasteiger partial charge in [-0.05, 0) is 19.9 Å². The Morgan fingerprint density at radius 1 is 1.67 bits per heavy atom. The largest absolute Gasteiger partial charge is 0.350 e. The number of aryl methyl sites for hydroxylation is 1. The molecule has 1 atom stereocenters. The van der Waals surface area contributed by atoms with E-state index in [1.165, 1.54) is 0 Å². The zero-order valence-electron chi connectivity index (χ0n) is 7.41. The first-order valence-electron chi connectivity index (χ1n) is 3.98. The molecule has 0 aliphatic carbocycles. The van der Waals surface area contributed by atoms with Gasteiger partial charge in [-0.1, -0.05) is 0 Å². The quantitative estimate of drug-likeness (QED) is 0.688. The lowest BCUT2D eigenvalue weighted by atomic mass is 10.3. The van der Waals surface area contributed by atoms with Crippen molar-refractivity contribution in [3.63, 3.8) is 0 Å². The molecule has 0 aliphatic heterocycles. The van der Waals surface area contributed by atoms with Crippen molar-refractivity contribution in [1.82, 2.24) is 9.97 Å². The molecule has 1 unspecified atom stereocenters. The van der Waals surface area contributed by atoms with Gasteiger partial charge < -0.3 is 11.1 Å². The van der Waals surface area contributed by atoms with Crippen molar-refractivity contribution in [2.24, 2.45) is 5.73 Å². The fourth-order valence-corrected chi connectivity index (χ4v) is 0.798. The third-order valence-electron chi connectivity index (χ3n) is 1.52. The fourth-order valence-electron chi connectivity index (χ4n) is 0.798. The minimum Gasteiger partial charge on any atom is -0.350 e. The van der Waals surface area contributed by atoms with E-state index in [4.69, 9.17) is 5.73 Å². The highest BCUT2D eigenvalue weighted by Gasteiger charge is 2.00. The maximum absolute atomic E-state index is 5.44. The maximum Gasteiger partial charge on any atom is 0.223 e. The standard InChI is InChI=1S/C8H14N4/c1-6-3-4-10-8(11-6)12-7(2)5-9/h3-4,7H,5,9H2,1-2H3,(H,10,11,12). The van der Waals surface area contributed by atoms with Crippen molar-refractivity contribution >= 4 is 5.95 Å². The molecule has 3 N–H and O–H groups in total. The molecule has 4 nitrogen and oxygen atoms in total. The van der Waals surface area contributed by atoms with Crippen LogP contribution in [0.4, 0.5) is 5.95 Å². The molecule has 0 spiro atoms. The van der Waals surface area contributed by atoms with Crippen LogP contribution in [0.1, 0.15) is 12.6 Å². The third-order valence-corrected chi connectivity index (χ3v) is 1.52. The fraction of sp³-hybridized carbons (Fsp3) is 0.500. The van der Waals surface area contributed by atoms with Gasteiger partial charge in [0.2, 0.25) is 5.95 Å². The zero-order chi connectivity index (χ0) is 8.97. The van der Waals surface area contributed by atoms with E-state index in [1.807, 2.05) is 19.9 Å². The maximum atomic E-state index is 5.44. The minimum atomic E-state index is 0.215. The Morgan fingerprint density at radius 3 is 3.00 bits per heavy atom. The van der Waals surface area contributed by atoms with Gasteiger partial charge in [0.25, 0.3) is 0 Å². The molecular formula is C8H14N4. The van der Waals surface area contributed by atoms with Crippen molar-refractivity contribution < 1.29 is 0 Å². The number of nitrogens with one attached hydrogen (secondary N) is 1. The monoisotopic (exact) mass is 166 g/mol. The summed E-state index contributed by atoms with van der Waals surface area (Å²) >= 11 is 0. The predicted molar refractivity (Wildman–Crippen MR) is 48.9 cm³/mol. The Hall–Kier alpha value is -1.16. The molecule has 0 radical (unpaired) electrons. The van der Waals surface area contributed by atoms with Gasteiger partial charge in [0.1, 0.15) is 0 Å². The first kappa shape index (κ1) is 8.93. The van der Waals surface area contributed by atoms with Crippen LogP contribution in [0, 0.1) is 6.92 Å². The van der Waals surface area contributed by atoms with Crippen LogP contribution in [0.5, 0.6) is 0 Å². The number of nitrogens with zero attached hydrogens (tertiary/aromatic N) is 2. The van der Waals surface area contributed by atoms with Gasteiger partial charge >= 0.3 is 0 Å². The Kier molecular flexibility index (Phi) is 2.99. The molecule has 1 aromatic rings. The van der Waals surface area contributed by atoms with Crippen molar-refractivity contribution in [3.05, 3.63) is 18.0 Å². The summed E-state index contributed by atoms with van der Waals surface area (Å²) in [6.45, 7) is 4.50. The normalized spacial score (nSPS) is 12.6. The van der Waals surface area contributed by atoms with Crippen LogP contribution in [0.3, 0.4) is 0 Å². The highest BCUT2D eigenvalue weighted by Crippen LogP contribution is 1.99. The molecule has 1 aromatic heterocycles. The lowest BCUT2D eigenvalue weighted by Crippen LogP contribution is -2.26. The summed E-state index contributed by atoms with van der Waals surface area (Å²) in [5.41, 5.74) is 6.40. The smallest absolute Gasteiger partial charge is 0.223 e. The number of anilines is 1. The number of nitrogens with two attached hydrogens (primary N) is 1. The van der Waals surface area contributed by atoms with E-state index in [1.54, 1.807) is 6.20 Å². The Balaban J connectivity index is 2.63. The van der Waals surface area contributed by atoms with E-state index in [0.29, 0.717) is 12.5 Å². The van der Waals surface area contributed by atoms with E-state index in [0.717, 1.165) is 5.69 Å². The molecule has 0 fully saturated rings. The Labute approximate surface area is 72.2 Å². The zero-order valence-corrected chi connectivity index (χ0v) is 7.41. The molecule has 0 saturated carbocycles. The summed E-state index contributed by atoms with van der Waals surface area (Å²) in [5.74, 6) is 0.646. The number of rotatable bonds is 3. The first-order valence-corrected chi connectivity index (χ1v) is 3.98. The van der Waals surface area contributed by atoms with E-state index in [2.05, 4.69) is 15.3 Å². The minimum absolute atomic E-state index is 0.215. The van der Waals surface area contributed by atoms with Gasteiger partial charge in [0.15, 0.2) is 0 Å². The highest BCUT2D eigenvalue weighted by atomic mass is 15.1. The number of aromatic nitrogens is 2. The van der Waals surface area contributed by atoms with Crippen molar-refractivity contribution in [2.75, 3.05) is 11.9 Å². The van der Waals surface area contributed by atoms with Crippen LogP contribution in [0.25, 0.3) is 0 Å². The summed E-state index contributed by atoms with van der Waals surface area (Å²) in [5, 5.41) is 3.09. The summed E-state index contributed by atoms with van der Waals surface area (Å²) in [4.78, 5) is 8.23. The summed E-state index contributed by atoms with van der Waals surface area (Å²) < 4.78 is 0. The Morgan fingerprint density at radius 2 is 2.42 bits per heavy atom. The van der Waals surface area contributed by atoms with Crippen LogP contribution in [-0.2, 0) is 0 Å². The van der Waals surface area contributed by atoms with E-state index in [9.17, 15) is 0 Å². The van der Waals surface area contributed by atoms with Gasteiger partial charge in [-0.15, -0.1) is 0 Å². The van der Waals surface area contributed by atoms with E-state index < -0.39 is 0 Å². The van der Waals surface area contributed by atoms with Crippen molar-refractivity contribution in [1.29, 1.82) is 0 Å². The second-order valence-corrected chi connectivity index (χ2v) is 2.80. The molecule has 0 bridgehead atoms. The molecule has 4 heteroatoms. The molecule has 12 heavy (non-hydrogen) atoms. The lowest BCUT2D eigenvalue weighted by molar-refractivity contribution is 0.789. The molecule has 0 aromatic carbocycles. The average molecular weight is 166 g/mol. The van der Waals surface area contributed by atoms with Gasteiger partial charge in [-0.2, -0.15) is 0 Å². The number of hydrogen-bond acceptors (Lipinski definition) is 4. The molecule has 1 rings (SSSR count). The van der Waals surface area contributed by atoms with Gasteiger partial charge in [0, 0.05) is 24.5 Å². The SMILES string of the molecule is Cc1ccnc(NC(C)CN)n1. The van der Waals surface area contributed by atoms with Crippen LogP contribution in [0.15, 0.2) is 12.3 Å². The molecule has 0 aliphatic rings. The van der Waals surface area contributed by atoms with Gasteiger partial charge in [0.05, 0.1) is 0 Å². The summed E-state index contributed by atoms with van der Waals surface area (Å²) in [7, 11) is 0. The van der Waals surface area contributed by atoms with Crippen molar-refractivity contribution in [3.8, 4) is 0 Å². The highest BCUT2D eigenvalue weighted by molar-refractivity contribution is 5.25. The first-order chi connectivity index (χ1) is 5.72. The molecule has 0 saturated heterocycles. The third kappa shape index (κ3) is 2.47. The van der Waals surface area contributed by atoms with E-state index in [-0.39, 0.29) is 6.04 Å². The average Bonchev–Trinajstić information content (AvgIpc) is 2.04. The molecule has 0 amide bonds. The van der Waals surface area contributed by atoms with Gasteiger partial charge in [-0.3, -0.25) is 0 Å². The Bertz CT molecular complexity index is 249. The van der Waals surface area contributed by atoms with Crippen molar-refractivity contribution in [2.45, 2.75) is 19.9 Å². The van der Waals surface area contributed by atoms with Crippen LogP contribution < -0.4 is 11.1 Å².